The highest BCUT2D eigenvalue weighted by atomic mass is 19.4. The van der Waals surface area contributed by atoms with Crippen LogP contribution in [-0.4, -0.2) is 13.7 Å². The van der Waals surface area contributed by atoms with Gasteiger partial charge in [0.25, 0.3) is 0 Å². The third kappa shape index (κ3) is 3.21. The van der Waals surface area contributed by atoms with Crippen LogP contribution in [0.3, 0.4) is 0 Å². The molecule has 1 aromatic rings. The smallest absolute Gasteiger partial charge is 0.377 e. The van der Waals surface area contributed by atoms with Crippen molar-refractivity contribution in [3.05, 3.63) is 35.4 Å². The Bertz CT molecular complexity index is 338. The Balaban J connectivity index is 2.97. The highest BCUT2D eigenvalue weighted by Crippen LogP contribution is 2.31. The normalized spacial score (nSPS) is 13.8. The maximum Gasteiger partial charge on any atom is 0.416 e. The predicted octanol–water partition coefficient (Wildman–Crippen LogP) is 2.74. The summed E-state index contributed by atoms with van der Waals surface area (Å²) in [5.74, 6) is 0. The van der Waals surface area contributed by atoms with Crippen molar-refractivity contribution in [1.82, 2.24) is 0 Å². The van der Waals surface area contributed by atoms with E-state index in [0.29, 0.717) is 18.5 Å². The molecule has 1 rings (SSSR count). The Morgan fingerprint density at radius 2 is 2.06 bits per heavy atom. The fourth-order valence-corrected chi connectivity index (χ4v) is 1.49. The zero-order valence-corrected chi connectivity index (χ0v) is 8.92. The molecule has 16 heavy (non-hydrogen) atoms. The van der Waals surface area contributed by atoms with E-state index in [1.807, 2.05) is 0 Å². The van der Waals surface area contributed by atoms with E-state index < -0.39 is 11.7 Å². The number of rotatable bonds is 4. The van der Waals surface area contributed by atoms with Gasteiger partial charge in [0.15, 0.2) is 0 Å². The minimum Gasteiger partial charge on any atom is -0.377 e. The summed E-state index contributed by atoms with van der Waals surface area (Å²) in [6.45, 7) is 0.370. The Kier molecular flexibility index (Phi) is 4.32. The molecular formula is C11H14F3NO. The number of alkyl halides is 3. The van der Waals surface area contributed by atoms with Gasteiger partial charge in [-0.05, 0) is 30.7 Å². The molecule has 0 saturated heterocycles. The molecule has 0 radical (unpaired) electrons. The van der Waals surface area contributed by atoms with Gasteiger partial charge >= 0.3 is 6.18 Å². The van der Waals surface area contributed by atoms with Crippen molar-refractivity contribution >= 4 is 0 Å². The minimum absolute atomic E-state index is 0.370. The highest BCUT2D eigenvalue weighted by molar-refractivity contribution is 5.27. The van der Waals surface area contributed by atoms with Crippen molar-refractivity contribution in [3.63, 3.8) is 0 Å². The molecule has 0 aromatic heterocycles. The van der Waals surface area contributed by atoms with Crippen molar-refractivity contribution in [3.8, 4) is 0 Å². The molecule has 1 unspecified atom stereocenters. The van der Waals surface area contributed by atoms with E-state index in [4.69, 9.17) is 10.5 Å². The first kappa shape index (κ1) is 13.0. The van der Waals surface area contributed by atoms with Gasteiger partial charge in [0.05, 0.1) is 11.7 Å². The van der Waals surface area contributed by atoms with E-state index in [0.717, 1.165) is 12.1 Å². The molecule has 0 aliphatic carbocycles. The maximum absolute atomic E-state index is 12.5. The van der Waals surface area contributed by atoms with Gasteiger partial charge in [-0.3, -0.25) is 0 Å². The number of halogens is 3. The van der Waals surface area contributed by atoms with E-state index in [1.165, 1.54) is 13.2 Å². The van der Waals surface area contributed by atoms with Gasteiger partial charge < -0.3 is 10.5 Å². The summed E-state index contributed by atoms with van der Waals surface area (Å²) >= 11 is 0. The summed E-state index contributed by atoms with van der Waals surface area (Å²) in [5, 5.41) is 0. The predicted molar refractivity (Wildman–Crippen MR) is 54.9 cm³/mol. The van der Waals surface area contributed by atoms with Crippen LogP contribution in [0.25, 0.3) is 0 Å². The summed E-state index contributed by atoms with van der Waals surface area (Å²) in [4.78, 5) is 0. The van der Waals surface area contributed by atoms with Gasteiger partial charge in [-0.15, -0.1) is 0 Å². The fourth-order valence-electron chi connectivity index (χ4n) is 1.49. The molecule has 2 nitrogen and oxygen atoms in total. The van der Waals surface area contributed by atoms with E-state index in [2.05, 4.69) is 0 Å². The van der Waals surface area contributed by atoms with Crippen LogP contribution in [0.2, 0.25) is 0 Å². The van der Waals surface area contributed by atoms with Crippen LogP contribution in [0.1, 0.15) is 23.7 Å². The molecule has 0 bridgehead atoms. The van der Waals surface area contributed by atoms with E-state index >= 15 is 0 Å². The van der Waals surface area contributed by atoms with E-state index in [-0.39, 0.29) is 6.10 Å². The number of benzene rings is 1. The lowest BCUT2D eigenvalue weighted by Gasteiger charge is -2.16. The number of hydrogen-bond donors (Lipinski definition) is 1. The first-order valence-electron chi connectivity index (χ1n) is 4.89. The van der Waals surface area contributed by atoms with Gasteiger partial charge in [0, 0.05) is 7.11 Å². The minimum atomic E-state index is -4.32. The number of ether oxygens (including phenoxy) is 1. The van der Waals surface area contributed by atoms with Gasteiger partial charge in [-0.1, -0.05) is 12.1 Å². The largest absolute Gasteiger partial charge is 0.416 e. The topological polar surface area (TPSA) is 35.2 Å². The second-order valence-corrected chi connectivity index (χ2v) is 3.42. The van der Waals surface area contributed by atoms with Gasteiger partial charge in [-0.2, -0.15) is 13.2 Å². The molecule has 5 heteroatoms. The van der Waals surface area contributed by atoms with Crippen molar-refractivity contribution < 1.29 is 17.9 Å². The molecule has 0 spiro atoms. The van der Waals surface area contributed by atoms with Crippen LogP contribution in [0.5, 0.6) is 0 Å². The summed E-state index contributed by atoms with van der Waals surface area (Å²) in [6, 6.07) is 5.13. The van der Waals surface area contributed by atoms with Crippen LogP contribution in [-0.2, 0) is 10.9 Å². The molecule has 0 fully saturated rings. The monoisotopic (exact) mass is 233 g/mol. The van der Waals surface area contributed by atoms with Crippen LogP contribution < -0.4 is 5.73 Å². The van der Waals surface area contributed by atoms with Crippen molar-refractivity contribution in [2.75, 3.05) is 13.7 Å². The molecule has 0 heterocycles. The molecule has 2 N–H and O–H groups in total. The molecule has 1 atom stereocenters. The SMILES string of the molecule is COC(CCN)c1cccc(C(F)(F)F)c1. The molecular weight excluding hydrogens is 219 g/mol. The second kappa shape index (κ2) is 5.32. The number of hydrogen-bond acceptors (Lipinski definition) is 2. The highest BCUT2D eigenvalue weighted by Gasteiger charge is 2.30. The molecule has 0 amide bonds. The first-order chi connectivity index (χ1) is 7.49. The quantitative estimate of drug-likeness (QED) is 0.867. The first-order valence-corrected chi connectivity index (χ1v) is 4.89. The van der Waals surface area contributed by atoms with Crippen LogP contribution in [0.4, 0.5) is 13.2 Å². The van der Waals surface area contributed by atoms with Crippen molar-refractivity contribution in [2.24, 2.45) is 5.73 Å². The Labute approximate surface area is 92.2 Å². The summed E-state index contributed by atoms with van der Waals surface area (Å²) in [7, 11) is 1.46. The standard InChI is InChI=1S/C11H14F3NO/c1-16-10(5-6-15)8-3-2-4-9(7-8)11(12,13)14/h2-4,7,10H,5-6,15H2,1H3. The molecule has 0 saturated carbocycles. The van der Waals surface area contributed by atoms with Crippen LogP contribution >= 0.6 is 0 Å². The molecule has 90 valence electrons. The van der Waals surface area contributed by atoms with Gasteiger partial charge in [0.1, 0.15) is 0 Å². The van der Waals surface area contributed by atoms with Crippen LogP contribution in [0.15, 0.2) is 24.3 Å². The Morgan fingerprint density at radius 1 is 1.38 bits per heavy atom. The summed E-state index contributed by atoms with van der Waals surface area (Å²) in [5.41, 5.74) is 5.20. The lowest BCUT2D eigenvalue weighted by Crippen LogP contribution is -2.11. The number of methoxy groups -OCH3 is 1. The third-order valence-electron chi connectivity index (χ3n) is 2.30. The zero-order chi connectivity index (χ0) is 12.2. The Morgan fingerprint density at radius 3 is 2.56 bits per heavy atom. The average Bonchev–Trinajstić information content (AvgIpc) is 2.25. The zero-order valence-electron chi connectivity index (χ0n) is 8.92. The second-order valence-electron chi connectivity index (χ2n) is 3.42. The van der Waals surface area contributed by atoms with E-state index in [9.17, 15) is 13.2 Å². The molecule has 1 aromatic carbocycles. The fraction of sp³-hybridized carbons (Fsp3) is 0.455. The average molecular weight is 233 g/mol. The van der Waals surface area contributed by atoms with Crippen molar-refractivity contribution in [2.45, 2.75) is 18.7 Å². The summed E-state index contributed by atoms with van der Waals surface area (Å²) < 4.78 is 42.5. The van der Waals surface area contributed by atoms with Gasteiger partial charge in [0.2, 0.25) is 0 Å². The lowest BCUT2D eigenvalue weighted by molar-refractivity contribution is -0.137. The molecule has 0 aliphatic heterocycles. The third-order valence-corrected chi connectivity index (χ3v) is 2.30. The van der Waals surface area contributed by atoms with Crippen molar-refractivity contribution in [1.29, 1.82) is 0 Å². The van der Waals surface area contributed by atoms with E-state index in [1.54, 1.807) is 6.07 Å². The van der Waals surface area contributed by atoms with Gasteiger partial charge in [-0.25, -0.2) is 0 Å². The number of nitrogens with two attached hydrogens (primary N) is 1. The lowest BCUT2D eigenvalue weighted by atomic mass is 10.0. The maximum atomic E-state index is 12.5. The van der Waals surface area contributed by atoms with Crippen LogP contribution in [0, 0.1) is 0 Å². The molecule has 0 aliphatic rings. The summed E-state index contributed by atoms with van der Waals surface area (Å²) in [6.07, 6.45) is -4.21. The Hall–Kier alpha value is -1.07.